The number of aromatic amines is 2. The molecule has 0 amide bonds. The maximum Gasteiger partial charge on any atom is 0.230 e. The van der Waals surface area contributed by atoms with Crippen LogP contribution in [-0.2, 0) is 0 Å². The molecule has 4 aromatic rings. The van der Waals surface area contributed by atoms with Gasteiger partial charge in [-0.2, -0.15) is 5.10 Å². The molecule has 6 heteroatoms. The summed E-state index contributed by atoms with van der Waals surface area (Å²) < 4.78 is 1.03. The number of nitrogens with one attached hydrogen (secondary N) is 2. The van der Waals surface area contributed by atoms with Crippen molar-refractivity contribution in [1.82, 2.24) is 20.2 Å². The first kappa shape index (κ1) is 11.7. The fourth-order valence-electron chi connectivity index (χ4n) is 2.42. The zero-order valence-corrected chi connectivity index (χ0v) is 11.0. The Morgan fingerprint density at radius 1 is 1.19 bits per heavy atom. The van der Waals surface area contributed by atoms with Crippen LogP contribution in [0.25, 0.3) is 33.4 Å². The molecule has 0 saturated carbocycles. The van der Waals surface area contributed by atoms with Gasteiger partial charge < -0.3 is 4.98 Å². The smallest absolute Gasteiger partial charge is 0.230 e. The van der Waals surface area contributed by atoms with Crippen molar-refractivity contribution in [3.8, 4) is 22.4 Å². The molecular formula is C15H12N5O+. The third-order valence-corrected chi connectivity index (χ3v) is 3.44. The molecule has 4 rings (SSSR count). The Balaban J connectivity index is 1.91. The second-order valence-electron chi connectivity index (χ2n) is 4.77. The van der Waals surface area contributed by atoms with Crippen LogP contribution in [0, 0.1) is 0 Å². The second kappa shape index (κ2) is 4.45. The molecule has 0 fully saturated rings. The molecule has 0 aliphatic carbocycles. The summed E-state index contributed by atoms with van der Waals surface area (Å²) in [6.45, 7) is 0. The van der Waals surface area contributed by atoms with E-state index in [1.54, 1.807) is 30.9 Å². The standard InChI is InChI=1S/C15H12N5O/c21-20-5-1-2-10(9-20)11-6-12-13(14-3-4-18-19-14)8-17-15(12)16-7-11/h1-9,21H,(H,16,17)(H,18,19)/q+1. The van der Waals surface area contributed by atoms with Crippen molar-refractivity contribution >= 4 is 11.0 Å². The van der Waals surface area contributed by atoms with Gasteiger partial charge >= 0.3 is 0 Å². The minimum Gasteiger partial charge on any atom is -0.345 e. The van der Waals surface area contributed by atoms with Crippen LogP contribution in [0.3, 0.4) is 0 Å². The molecule has 4 heterocycles. The first-order valence-electron chi connectivity index (χ1n) is 6.49. The maximum absolute atomic E-state index is 9.53. The second-order valence-corrected chi connectivity index (χ2v) is 4.77. The van der Waals surface area contributed by atoms with Crippen molar-refractivity contribution in [3.63, 3.8) is 0 Å². The highest BCUT2D eigenvalue weighted by Crippen LogP contribution is 2.29. The Morgan fingerprint density at radius 3 is 2.95 bits per heavy atom. The summed E-state index contributed by atoms with van der Waals surface area (Å²) in [6.07, 6.45) is 8.63. The van der Waals surface area contributed by atoms with Gasteiger partial charge in [0.15, 0.2) is 0 Å². The molecule has 0 aromatic carbocycles. The van der Waals surface area contributed by atoms with Gasteiger partial charge in [-0.3, -0.25) is 10.3 Å². The van der Waals surface area contributed by atoms with Crippen LogP contribution >= 0.6 is 0 Å². The molecule has 0 unspecified atom stereocenters. The van der Waals surface area contributed by atoms with E-state index in [4.69, 9.17) is 0 Å². The molecule has 102 valence electrons. The normalized spacial score (nSPS) is 11.0. The van der Waals surface area contributed by atoms with Crippen LogP contribution in [0.4, 0.5) is 0 Å². The molecule has 0 bridgehead atoms. The summed E-state index contributed by atoms with van der Waals surface area (Å²) in [5, 5.41) is 17.5. The number of pyridine rings is 2. The van der Waals surface area contributed by atoms with Gasteiger partial charge in [-0.25, -0.2) is 4.98 Å². The quantitative estimate of drug-likeness (QED) is 0.388. The van der Waals surface area contributed by atoms with Crippen molar-refractivity contribution in [1.29, 1.82) is 0 Å². The van der Waals surface area contributed by atoms with Crippen LogP contribution in [0.5, 0.6) is 0 Å². The Kier molecular flexibility index (Phi) is 2.47. The van der Waals surface area contributed by atoms with E-state index in [1.807, 2.05) is 24.4 Å². The summed E-state index contributed by atoms with van der Waals surface area (Å²) in [6, 6.07) is 7.67. The van der Waals surface area contributed by atoms with Crippen LogP contribution < -0.4 is 4.73 Å². The third kappa shape index (κ3) is 1.93. The Hall–Kier alpha value is -3.15. The zero-order valence-electron chi connectivity index (χ0n) is 11.0. The highest BCUT2D eigenvalue weighted by molar-refractivity contribution is 5.94. The highest BCUT2D eigenvalue weighted by Gasteiger charge is 2.11. The van der Waals surface area contributed by atoms with Gasteiger partial charge in [0.1, 0.15) is 5.65 Å². The van der Waals surface area contributed by atoms with E-state index >= 15 is 0 Å². The molecule has 0 aliphatic heterocycles. The lowest BCUT2D eigenvalue weighted by Gasteiger charge is -2.00. The van der Waals surface area contributed by atoms with Crippen LogP contribution in [0.2, 0.25) is 0 Å². The number of hydrogen-bond acceptors (Lipinski definition) is 3. The average Bonchev–Trinajstić information content (AvgIpc) is 3.15. The first-order chi connectivity index (χ1) is 10.3. The van der Waals surface area contributed by atoms with E-state index in [9.17, 15) is 5.21 Å². The Labute approximate surface area is 119 Å². The van der Waals surface area contributed by atoms with Gasteiger partial charge in [-0.05, 0) is 18.2 Å². The van der Waals surface area contributed by atoms with Crippen molar-refractivity contribution in [2.24, 2.45) is 0 Å². The molecule has 0 aliphatic rings. The molecular weight excluding hydrogens is 266 g/mol. The van der Waals surface area contributed by atoms with Gasteiger partial charge in [-0.1, -0.05) is 0 Å². The summed E-state index contributed by atoms with van der Waals surface area (Å²) in [7, 11) is 0. The molecule has 0 atom stereocenters. The fraction of sp³-hybridized carbons (Fsp3) is 0. The average molecular weight is 278 g/mol. The number of nitrogens with zero attached hydrogens (tertiary/aromatic N) is 3. The van der Waals surface area contributed by atoms with Gasteiger partial charge in [0.05, 0.1) is 11.3 Å². The largest absolute Gasteiger partial charge is 0.345 e. The lowest BCUT2D eigenvalue weighted by molar-refractivity contribution is -0.904. The topological polar surface area (TPSA) is 81.5 Å². The predicted molar refractivity (Wildman–Crippen MR) is 76.5 cm³/mol. The fourth-order valence-corrected chi connectivity index (χ4v) is 2.42. The highest BCUT2D eigenvalue weighted by atomic mass is 16.5. The van der Waals surface area contributed by atoms with E-state index in [0.717, 1.165) is 38.1 Å². The number of rotatable bonds is 2. The minimum atomic E-state index is 0.816. The first-order valence-corrected chi connectivity index (χ1v) is 6.49. The van der Waals surface area contributed by atoms with Gasteiger partial charge in [-0.15, -0.1) is 0 Å². The maximum atomic E-state index is 9.53. The molecule has 6 nitrogen and oxygen atoms in total. The van der Waals surface area contributed by atoms with Crippen LogP contribution in [-0.4, -0.2) is 25.4 Å². The number of hydrogen-bond donors (Lipinski definition) is 3. The molecule has 3 N–H and O–H groups in total. The number of H-pyrrole nitrogens is 2. The van der Waals surface area contributed by atoms with Crippen molar-refractivity contribution < 1.29 is 9.94 Å². The van der Waals surface area contributed by atoms with E-state index in [2.05, 4.69) is 20.2 Å². The van der Waals surface area contributed by atoms with Crippen molar-refractivity contribution in [2.75, 3.05) is 0 Å². The number of fused-ring (bicyclic) bond motifs is 1. The van der Waals surface area contributed by atoms with E-state index < -0.39 is 0 Å². The Bertz CT molecular complexity index is 911. The lowest BCUT2D eigenvalue weighted by atomic mass is 10.1. The molecule has 0 saturated heterocycles. The summed E-state index contributed by atoms with van der Waals surface area (Å²) >= 11 is 0. The summed E-state index contributed by atoms with van der Waals surface area (Å²) in [5.41, 5.74) is 4.60. The van der Waals surface area contributed by atoms with Gasteiger partial charge in [0.25, 0.3) is 0 Å². The van der Waals surface area contributed by atoms with E-state index in [0.29, 0.717) is 0 Å². The predicted octanol–water partition coefficient (Wildman–Crippen LogP) is 2.14. The van der Waals surface area contributed by atoms with Gasteiger partial charge in [0, 0.05) is 45.9 Å². The Morgan fingerprint density at radius 2 is 2.14 bits per heavy atom. The molecule has 0 spiro atoms. The minimum absolute atomic E-state index is 0.816. The monoisotopic (exact) mass is 278 g/mol. The lowest BCUT2D eigenvalue weighted by Crippen LogP contribution is -2.28. The summed E-state index contributed by atoms with van der Waals surface area (Å²) in [5.74, 6) is 0. The van der Waals surface area contributed by atoms with Gasteiger partial charge in [0.2, 0.25) is 12.4 Å². The van der Waals surface area contributed by atoms with E-state index in [1.165, 1.54) is 0 Å². The van der Waals surface area contributed by atoms with Crippen molar-refractivity contribution in [2.45, 2.75) is 0 Å². The molecule has 21 heavy (non-hydrogen) atoms. The van der Waals surface area contributed by atoms with Crippen LogP contribution in [0.15, 0.2) is 55.2 Å². The molecule has 0 radical (unpaired) electrons. The van der Waals surface area contributed by atoms with Crippen LogP contribution in [0.1, 0.15) is 0 Å². The van der Waals surface area contributed by atoms with Crippen molar-refractivity contribution in [3.05, 3.63) is 55.2 Å². The third-order valence-electron chi connectivity index (χ3n) is 3.44. The van der Waals surface area contributed by atoms with E-state index in [-0.39, 0.29) is 0 Å². The number of aromatic nitrogens is 5. The SMILES string of the molecule is O[n+]1cccc(-c2cnc3[nH]cc(-c4ccn[nH]4)c3c2)c1. The zero-order chi connectivity index (χ0) is 14.2. The summed E-state index contributed by atoms with van der Waals surface area (Å²) in [4.78, 5) is 7.59. The molecule has 4 aromatic heterocycles.